The van der Waals surface area contributed by atoms with Crippen LogP contribution < -0.4 is 0 Å². The van der Waals surface area contributed by atoms with E-state index >= 15 is 0 Å². The van der Waals surface area contributed by atoms with E-state index in [-0.39, 0.29) is 0 Å². The van der Waals surface area contributed by atoms with Crippen LogP contribution in [-0.2, 0) is 6.42 Å². The third-order valence-corrected chi connectivity index (χ3v) is 3.88. The average Bonchev–Trinajstić information content (AvgIpc) is 2.40. The van der Waals surface area contributed by atoms with Crippen molar-refractivity contribution < 1.29 is 0 Å². The van der Waals surface area contributed by atoms with Gasteiger partial charge in [0.2, 0.25) is 0 Å². The molecule has 1 aliphatic heterocycles. The maximum Gasteiger partial charge on any atom is 0.0739 e. The normalized spacial score (nSPS) is 17.4. The minimum Gasteiger partial charge on any atom is -0.306 e. The van der Waals surface area contributed by atoms with E-state index in [1.165, 1.54) is 44.3 Å². The van der Waals surface area contributed by atoms with E-state index in [1.807, 2.05) is 12.1 Å². The fourth-order valence-electron chi connectivity index (χ4n) is 2.51. The lowest BCUT2D eigenvalue weighted by molar-refractivity contribution is 0.212. The summed E-state index contributed by atoms with van der Waals surface area (Å²) in [4.78, 5) is 6.39. The SMILES string of the molecule is CN1CCC(CCc2ccc(N=C=S)cc2)CC1. The molecule has 0 bridgehead atoms. The molecule has 0 amide bonds. The molecule has 1 aliphatic rings. The number of isothiocyanates is 1. The van der Waals surface area contributed by atoms with Gasteiger partial charge in [-0.25, -0.2) is 0 Å². The van der Waals surface area contributed by atoms with Crippen LogP contribution in [0.5, 0.6) is 0 Å². The van der Waals surface area contributed by atoms with Crippen molar-refractivity contribution in [3.63, 3.8) is 0 Å². The molecule has 0 radical (unpaired) electrons. The van der Waals surface area contributed by atoms with Crippen LogP contribution in [-0.4, -0.2) is 30.2 Å². The Bertz CT molecular complexity index is 413. The summed E-state index contributed by atoms with van der Waals surface area (Å²) in [5.41, 5.74) is 2.30. The van der Waals surface area contributed by atoms with Gasteiger partial charge < -0.3 is 4.90 Å². The van der Waals surface area contributed by atoms with E-state index in [2.05, 4.69) is 46.5 Å². The second kappa shape index (κ2) is 6.79. The van der Waals surface area contributed by atoms with Crippen molar-refractivity contribution in [3.05, 3.63) is 29.8 Å². The maximum atomic E-state index is 4.59. The molecule has 3 heteroatoms. The van der Waals surface area contributed by atoms with E-state index in [9.17, 15) is 0 Å². The van der Waals surface area contributed by atoms with Crippen molar-refractivity contribution in [2.75, 3.05) is 20.1 Å². The van der Waals surface area contributed by atoms with Crippen molar-refractivity contribution in [2.45, 2.75) is 25.7 Å². The van der Waals surface area contributed by atoms with Gasteiger partial charge in [-0.05, 0) is 81.7 Å². The number of benzene rings is 1. The van der Waals surface area contributed by atoms with Gasteiger partial charge in [-0.1, -0.05) is 12.1 Å². The Morgan fingerprint density at radius 2 is 1.94 bits per heavy atom. The zero-order valence-corrected chi connectivity index (χ0v) is 11.7. The van der Waals surface area contributed by atoms with Crippen molar-refractivity contribution in [1.29, 1.82) is 0 Å². The Hall–Kier alpha value is -1.02. The summed E-state index contributed by atoms with van der Waals surface area (Å²) < 4.78 is 0. The first-order valence-electron chi connectivity index (χ1n) is 6.63. The number of hydrogen-bond donors (Lipinski definition) is 0. The zero-order chi connectivity index (χ0) is 12.8. The Morgan fingerprint density at radius 3 is 2.56 bits per heavy atom. The number of aryl methyl sites for hydroxylation is 1. The molecule has 0 atom stereocenters. The number of likely N-dealkylation sites (tertiary alicyclic amines) is 1. The first-order chi connectivity index (χ1) is 8.78. The number of aliphatic imine (C=N–C) groups is 1. The molecule has 1 aromatic rings. The van der Waals surface area contributed by atoms with E-state index in [0.29, 0.717) is 0 Å². The van der Waals surface area contributed by atoms with Crippen molar-refractivity contribution in [2.24, 2.45) is 10.9 Å². The van der Waals surface area contributed by atoms with Gasteiger partial charge in [0, 0.05) is 0 Å². The standard InChI is InChI=1S/C15H20N2S/c1-17-10-8-14(9-11-17)3-2-13-4-6-15(7-5-13)16-12-18/h4-7,14H,2-3,8-11H2,1H3. The van der Waals surface area contributed by atoms with E-state index in [4.69, 9.17) is 0 Å². The second-order valence-electron chi connectivity index (χ2n) is 5.15. The lowest BCUT2D eigenvalue weighted by Crippen LogP contribution is -2.30. The average molecular weight is 260 g/mol. The highest BCUT2D eigenvalue weighted by Gasteiger charge is 2.16. The summed E-state index contributed by atoms with van der Waals surface area (Å²) in [6.45, 7) is 2.51. The van der Waals surface area contributed by atoms with Crippen LogP contribution in [0.4, 0.5) is 5.69 Å². The molecule has 1 heterocycles. The predicted octanol–water partition coefficient (Wildman–Crippen LogP) is 3.70. The topological polar surface area (TPSA) is 15.6 Å². The first-order valence-corrected chi connectivity index (χ1v) is 7.04. The minimum atomic E-state index is 0.896. The lowest BCUT2D eigenvalue weighted by atomic mass is 9.91. The van der Waals surface area contributed by atoms with Gasteiger partial charge in [0.15, 0.2) is 0 Å². The van der Waals surface area contributed by atoms with Crippen LogP contribution in [0, 0.1) is 5.92 Å². The molecule has 0 aliphatic carbocycles. The zero-order valence-electron chi connectivity index (χ0n) is 10.9. The lowest BCUT2D eigenvalue weighted by Gasteiger charge is -2.28. The molecular formula is C15H20N2S. The molecule has 1 saturated heterocycles. The van der Waals surface area contributed by atoms with Gasteiger partial charge in [-0.2, -0.15) is 4.99 Å². The summed E-state index contributed by atoms with van der Waals surface area (Å²) in [5.74, 6) is 0.903. The molecule has 0 saturated carbocycles. The number of piperidine rings is 1. The molecule has 2 nitrogen and oxygen atoms in total. The number of thiocarbonyl (C=S) groups is 1. The summed E-state index contributed by atoms with van der Waals surface area (Å²) in [6.07, 6.45) is 5.19. The largest absolute Gasteiger partial charge is 0.306 e. The highest BCUT2D eigenvalue weighted by Crippen LogP contribution is 2.22. The smallest absolute Gasteiger partial charge is 0.0739 e. The van der Waals surface area contributed by atoms with Crippen LogP contribution in [0.25, 0.3) is 0 Å². The summed E-state index contributed by atoms with van der Waals surface area (Å²) in [5, 5.41) is 2.39. The minimum absolute atomic E-state index is 0.896. The van der Waals surface area contributed by atoms with Gasteiger partial charge in [-0.15, -0.1) is 0 Å². The molecule has 1 aromatic carbocycles. The van der Waals surface area contributed by atoms with Crippen LogP contribution in [0.2, 0.25) is 0 Å². The van der Waals surface area contributed by atoms with Crippen molar-refractivity contribution >= 4 is 23.1 Å². The predicted molar refractivity (Wildman–Crippen MR) is 79.7 cm³/mol. The third-order valence-electron chi connectivity index (χ3n) is 3.79. The molecule has 0 unspecified atom stereocenters. The Balaban J connectivity index is 1.81. The van der Waals surface area contributed by atoms with Crippen molar-refractivity contribution in [3.8, 4) is 0 Å². The van der Waals surface area contributed by atoms with Gasteiger partial charge in [-0.3, -0.25) is 0 Å². The van der Waals surface area contributed by atoms with Crippen LogP contribution in [0.15, 0.2) is 29.3 Å². The summed E-state index contributed by atoms with van der Waals surface area (Å²) in [7, 11) is 2.21. The number of nitrogens with zero attached hydrogens (tertiary/aromatic N) is 2. The Labute approximate surface area is 115 Å². The van der Waals surface area contributed by atoms with Gasteiger partial charge in [0.05, 0.1) is 10.8 Å². The van der Waals surface area contributed by atoms with Crippen LogP contribution in [0.3, 0.4) is 0 Å². The van der Waals surface area contributed by atoms with Gasteiger partial charge >= 0.3 is 0 Å². The molecule has 1 fully saturated rings. The van der Waals surface area contributed by atoms with Gasteiger partial charge in [0.1, 0.15) is 0 Å². The molecule has 0 spiro atoms. The summed E-state index contributed by atoms with van der Waals surface area (Å²) in [6, 6.07) is 8.34. The quantitative estimate of drug-likeness (QED) is 0.606. The first kappa shape index (κ1) is 13.4. The van der Waals surface area contributed by atoms with Crippen LogP contribution >= 0.6 is 12.2 Å². The summed E-state index contributed by atoms with van der Waals surface area (Å²) >= 11 is 4.59. The Morgan fingerprint density at radius 1 is 1.28 bits per heavy atom. The van der Waals surface area contributed by atoms with Crippen molar-refractivity contribution in [1.82, 2.24) is 4.90 Å². The molecule has 0 aromatic heterocycles. The molecule has 18 heavy (non-hydrogen) atoms. The molecule has 96 valence electrons. The molecule has 2 rings (SSSR count). The maximum absolute atomic E-state index is 4.59. The highest BCUT2D eigenvalue weighted by atomic mass is 32.1. The number of hydrogen-bond acceptors (Lipinski definition) is 3. The van der Waals surface area contributed by atoms with Crippen LogP contribution in [0.1, 0.15) is 24.8 Å². The number of rotatable bonds is 4. The van der Waals surface area contributed by atoms with Gasteiger partial charge in [0.25, 0.3) is 0 Å². The highest BCUT2D eigenvalue weighted by molar-refractivity contribution is 7.78. The fraction of sp³-hybridized carbons (Fsp3) is 0.533. The fourth-order valence-corrected chi connectivity index (χ4v) is 2.62. The third kappa shape index (κ3) is 4.02. The Kier molecular flexibility index (Phi) is 5.06. The second-order valence-corrected chi connectivity index (χ2v) is 5.34. The van der Waals surface area contributed by atoms with E-state index in [0.717, 1.165) is 11.6 Å². The molecular weight excluding hydrogens is 240 g/mol. The molecule has 0 N–H and O–H groups in total. The monoisotopic (exact) mass is 260 g/mol. The van der Waals surface area contributed by atoms with E-state index < -0.39 is 0 Å². The van der Waals surface area contributed by atoms with E-state index in [1.54, 1.807) is 0 Å².